The molecule has 1 aliphatic rings. The normalized spacial score (nSPS) is 24.9. The molecule has 0 aliphatic carbocycles. The fourth-order valence-electron chi connectivity index (χ4n) is 2.21. The van der Waals surface area contributed by atoms with Crippen LogP contribution in [0.25, 0.3) is 0 Å². The smallest absolute Gasteiger partial charge is 0.323 e. The minimum Gasteiger partial charge on any atom is -0.465 e. The Balaban J connectivity index is 2.60. The molecular formula is C12H23NO2. The first-order chi connectivity index (χ1) is 7.20. The average molecular weight is 213 g/mol. The van der Waals surface area contributed by atoms with E-state index in [1.165, 1.54) is 6.42 Å². The van der Waals surface area contributed by atoms with Gasteiger partial charge in [-0.2, -0.15) is 0 Å². The minimum atomic E-state index is -0.0301. The van der Waals surface area contributed by atoms with Crippen LogP contribution in [-0.4, -0.2) is 36.1 Å². The standard InChI is InChI=1S/C12H23NO2/c1-4-10(3)13-9-7-6-8-11(13)12(14)15-5-2/h10-11H,4-9H2,1-3H3. The second-order valence-corrected chi connectivity index (χ2v) is 4.26. The van der Waals surface area contributed by atoms with E-state index in [0.29, 0.717) is 12.6 Å². The second kappa shape index (κ2) is 6.11. The fourth-order valence-corrected chi connectivity index (χ4v) is 2.21. The lowest BCUT2D eigenvalue weighted by Gasteiger charge is -2.37. The van der Waals surface area contributed by atoms with Crippen molar-refractivity contribution in [2.24, 2.45) is 0 Å². The van der Waals surface area contributed by atoms with Gasteiger partial charge in [0.25, 0.3) is 0 Å². The summed E-state index contributed by atoms with van der Waals surface area (Å²) < 4.78 is 5.13. The van der Waals surface area contributed by atoms with E-state index >= 15 is 0 Å². The van der Waals surface area contributed by atoms with Crippen LogP contribution in [0.2, 0.25) is 0 Å². The van der Waals surface area contributed by atoms with Crippen LogP contribution in [0.4, 0.5) is 0 Å². The predicted octanol–water partition coefficient (Wildman–Crippen LogP) is 2.20. The molecule has 1 rings (SSSR count). The van der Waals surface area contributed by atoms with Gasteiger partial charge in [-0.15, -0.1) is 0 Å². The maximum Gasteiger partial charge on any atom is 0.323 e. The van der Waals surface area contributed by atoms with Crippen molar-refractivity contribution in [3.8, 4) is 0 Å². The van der Waals surface area contributed by atoms with Crippen LogP contribution in [0.3, 0.4) is 0 Å². The van der Waals surface area contributed by atoms with E-state index in [0.717, 1.165) is 25.8 Å². The van der Waals surface area contributed by atoms with E-state index in [4.69, 9.17) is 4.74 Å². The van der Waals surface area contributed by atoms with Gasteiger partial charge in [0.1, 0.15) is 6.04 Å². The highest BCUT2D eigenvalue weighted by Crippen LogP contribution is 2.21. The Morgan fingerprint density at radius 3 is 2.80 bits per heavy atom. The molecule has 0 spiro atoms. The molecule has 0 bridgehead atoms. The lowest BCUT2D eigenvalue weighted by atomic mass is 9.99. The zero-order chi connectivity index (χ0) is 11.3. The van der Waals surface area contributed by atoms with Crippen molar-refractivity contribution in [3.05, 3.63) is 0 Å². The summed E-state index contributed by atoms with van der Waals surface area (Å²) in [5, 5.41) is 0. The summed E-state index contributed by atoms with van der Waals surface area (Å²) in [5.74, 6) is -0.0301. The van der Waals surface area contributed by atoms with Gasteiger partial charge >= 0.3 is 5.97 Å². The van der Waals surface area contributed by atoms with Crippen molar-refractivity contribution in [1.29, 1.82) is 0 Å². The minimum absolute atomic E-state index is 0.00801. The van der Waals surface area contributed by atoms with Crippen LogP contribution in [0.5, 0.6) is 0 Å². The largest absolute Gasteiger partial charge is 0.465 e. The summed E-state index contributed by atoms with van der Waals surface area (Å²) in [4.78, 5) is 14.1. The highest BCUT2D eigenvalue weighted by molar-refractivity contribution is 5.75. The number of rotatable bonds is 4. The molecule has 1 heterocycles. The van der Waals surface area contributed by atoms with Gasteiger partial charge in [-0.1, -0.05) is 13.3 Å². The van der Waals surface area contributed by atoms with Crippen molar-refractivity contribution in [2.75, 3.05) is 13.2 Å². The molecule has 0 saturated carbocycles. The topological polar surface area (TPSA) is 29.5 Å². The molecule has 1 aliphatic heterocycles. The van der Waals surface area contributed by atoms with Crippen molar-refractivity contribution < 1.29 is 9.53 Å². The number of carbonyl (C=O) groups excluding carboxylic acids is 1. The van der Waals surface area contributed by atoms with Crippen LogP contribution < -0.4 is 0 Å². The second-order valence-electron chi connectivity index (χ2n) is 4.26. The molecule has 0 radical (unpaired) electrons. The summed E-state index contributed by atoms with van der Waals surface area (Å²) in [5.41, 5.74) is 0. The Morgan fingerprint density at radius 2 is 2.20 bits per heavy atom. The molecule has 1 fully saturated rings. The molecule has 2 atom stereocenters. The van der Waals surface area contributed by atoms with E-state index in [-0.39, 0.29) is 12.0 Å². The Morgan fingerprint density at radius 1 is 1.47 bits per heavy atom. The third-order valence-corrected chi connectivity index (χ3v) is 3.26. The summed E-state index contributed by atoms with van der Waals surface area (Å²) in [6.07, 6.45) is 4.41. The van der Waals surface area contributed by atoms with Gasteiger partial charge in [-0.3, -0.25) is 9.69 Å². The monoisotopic (exact) mass is 213 g/mol. The number of nitrogens with zero attached hydrogens (tertiary/aromatic N) is 1. The van der Waals surface area contributed by atoms with Crippen LogP contribution >= 0.6 is 0 Å². The quantitative estimate of drug-likeness (QED) is 0.670. The first kappa shape index (κ1) is 12.5. The number of ether oxygens (including phenoxy) is 1. The van der Waals surface area contributed by atoms with Crippen molar-refractivity contribution in [3.63, 3.8) is 0 Å². The first-order valence-electron chi connectivity index (χ1n) is 6.13. The molecule has 88 valence electrons. The van der Waals surface area contributed by atoms with Crippen LogP contribution in [0, 0.1) is 0 Å². The fraction of sp³-hybridized carbons (Fsp3) is 0.917. The highest BCUT2D eigenvalue weighted by atomic mass is 16.5. The average Bonchev–Trinajstić information content (AvgIpc) is 2.28. The molecule has 0 aromatic carbocycles. The molecule has 3 nitrogen and oxygen atoms in total. The van der Waals surface area contributed by atoms with Crippen LogP contribution in [0.1, 0.15) is 46.5 Å². The van der Waals surface area contributed by atoms with Crippen LogP contribution in [-0.2, 0) is 9.53 Å². The van der Waals surface area contributed by atoms with Crippen molar-refractivity contribution in [2.45, 2.75) is 58.5 Å². The van der Waals surface area contributed by atoms with E-state index in [1.807, 2.05) is 6.92 Å². The molecule has 1 saturated heterocycles. The Hall–Kier alpha value is -0.570. The maximum atomic E-state index is 11.8. The van der Waals surface area contributed by atoms with E-state index in [2.05, 4.69) is 18.7 Å². The number of piperidine rings is 1. The van der Waals surface area contributed by atoms with Gasteiger partial charge in [0, 0.05) is 6.04 Å². The molecular weight excluding hydrogens is 190 g/mol. The van der Waals surface area contributed by atoms with Crippen LogP contribution in [0.15, 0.2) is 0 Å². The molecule has 0 N–H and O–H groups in total. The third kappa shape index (κ3) is 3.20. The molecule has 0 aromatic heterocycles. The maximum absolute atomic E-state index is 11.8. The van der Waals surface area contributed by atoms with Crippen molar-refractivity contribution in [1.82, 2.24) is 4.90 Å². The van der Waals surface area contributed by atoms with Gasteiger partial charge in [-0.05, 0) is 39.7 Å². The Labute approximate surface area is 92.8 Å². The molecule has 0 aromatic rings. The lowest BCUT2D eigenvalue weighted by molar-refractivity contribution is -0.152. The number of esters is 1. The van der Waals surface area contributed by atoms with Crippen molar-refractivity contribution >= 4 is 5.97 Å². The number of hydrogen-bond donors (Lipinski definition) is 0. The zero-order valence-corrected chi connectivity index (χ0v) is 10.2. The molecule has 3 heteroatoms. The summed E-state index contributed by atoms with van der Waals surface area (Å²) in [6, 6.07) is 0.494. The third-order valence-electron chi connectivity index (χ3n) is 3.26. The van der Waals surface area contributed by atoms with E-state index < -0.39 is 0 Å². The highest BCUT2D eigenvalue weighted by Gasteiger charge is 2.31. The van der Waals surface area contributed by atoms with Gasteiger partial charge < -0.3 is 4.74 Å². The lowest BCUT2D eigenvalue weighted by Crippen LogP contribution is -2.49. The first-order valence-corrected chi connectivity index (χ1v) is 6.13. The van der Waals surface area contributed by atoms with Gasteiger partial charge in [0.05, 0.1) is 6.61 Å². The summed E-state index contributed by atoms with van der Waals surface area (Å²) >= 11 is 0. The summed E-state index contributed by atoms with van der Waals surface area (Å²) in [7, 11) is 0. The number of likely N-dealkylation sites (tertiary alicyclic amines) is 1. The molecule has 2 unspecified atom stereocenters. The molecule has 0 amide bonds. The van der Waals surface area contributed by atoms with Gasteiger partial charge in [-0.25, -0.2) is 0 Å². The Kier molecular flexibility index (Phi) is 5.09. The van der Waals surface area contributed by atoms with E-state index in [1.54, 1.807) is 0 Å². The van der Waals surface area contributed by atoms with Gasteiger partial charge in [0.2, 0.25) is 0 Å². The zero-order valence-electron chi connectivity index (χ0n) is 10.2. The summed E-state index contributed by atoms with van der Waals surface area (Å²) in [6.45, 7) is 7.76. The predicted molar refractivity (Wildman–Crippen MR) is 60.7 cm³/mol. The van der Waals surface area contributed by atoms with Gasteiger partial charge in [0.15, 0.2) is 0 Å². The van der Waals surface area contributed by atoms with E-state index in [9.17, 15) is 4.79 Å². The SMILES string of the molecule is CCOC(=O)C1CCCCN1C(C)CC. The number of carbonyl (C=O) groups is 1. The number of hydrogen-bond acceptors (Lipinski definition) is 3. The molecule has 15 heavy (non-hydrogen) atoms. The Bertz CT molecular complexity index is 206.